The van der Waals surface area contributed by atoms with Crippen LogP contribution in [0.3, 0.4) is 0 Å². The molecule has 2 aliphatic rings. The molecule has 0 unspecified atom stereocenters. The molecule has 8 bridgehead atoms. The second-order valence-corrected chi connectivity index (χ2v) is 8.71. The molecule has 0 saturated heterocycles. The van der Waals surface area contributed by atoms with Gasteiger partial charge in [0.1, 0.15) is 18.4 Å². The summed E-state index contributed by atoms with van der Waals surface area (Å²) in [6, 6.07) is 17.8. The Labute approximate surface area is 260 Å². The molecule has 5 heterocycles. The molecule has 8 nitrogen and oxygen atoms in total. The predicted molar refractivity (Wildman–Crippen MR) is 150 cm³/mol. The van der Waals surface area contributed by atoms with Crippen molar-refractivity contribution in [2.24, 2.45) is 0 Å². The number of halogens is 2. The van der Waals surface area contributed by atoms with E-state index in [4.69, 9.17) is 29.0 Å². The summed E-state index contributed by atoms with van der Waals surface area (Å²) in [7, 11) is 6.49. The van der Waals surface area contributed by atoms with Crippen molar-refractivity contribution in [3.63, 3.8) is 0 Å². The van der Waals surface area contributed by atoms with Gasteiger partial charge in [0, 0.05) is 11.6 Å². The van der Waals surface area contributed by atoms with Crippen LogP contribution in [0, 0.1) is 0 Å². The topological polar surface area (TPSA) is 83.4 Å². The molecule has 41 heavy (non-hydrogen) atoms. The Hall–Kier alpha value is -3.88. The molecule has 0 spiro atoms. The zero-order valence-corrected chi connectivity index (χ0v) is 25.2. The van der Waals surface area contributed by atoms with Gasteiger partial charge in [0.2, 0.25) is 0 Å². The number of fused-ring (bicyclic) bond motifs is 8. The summed E-state index contributed by atoms with van der Waals surface area (Å²) in [5, 5.41) is 0. The zero-order chi connectivity index (χ0) is 26.2. The quantitative estimate of drug-likeness (QED) is 0.267. The fourth-order valence-corrected chi connectivity index (χ4v) is 4.89. The minimum atomic E-state index is 0. The van der Waals surface area contributed by atoms with Crippen molar-refractivity contribution in [3.8, 4) is 28.4 Å². The standard InChI is InChI=1S/C30H26N4O4.2ClH.Fe/c1-35-25-17-23-15-21-11-10-19(31-21)14-20-12-13-22(32-20)16-24-26(18-8-6-5-7-9-18)29(36-2)28(34(24)38-4)30(37-3)27(25)33-23;;;/h5-17,33H,1-4H3;2*1H;/q;;;+2/p-2. The number of aromatic amines is 1. The average molecular weight is 633 g/mol. The summed E-state index contributed by atoms with van der Waals surface area (Å²) in [5.41, 5.74) is 7.80. The van der Waals surface area contributed by atoms with Gasteiger partial charge in [-0.15, -0.1) is 0 Å². The molecule has 6 rings (SSSR count). The van der Waals surface area contributed by atoms with Crippen molar-refractivity contribution in [2.75, 3.05) is 28.4 Å². The van der Waals surface area contributed by atoms with Crippen molar-refractivity contribution in [2.45, 2.75) is 0 Å². The SMILES string of the molecule is COc1cc2cc3nc(cc4nc(cc5c(-c6ccccc6)c(OC)c(c(OC)c1[nH]2)n5OC)C=C4)C=C3.[Cl-].[Cl-].[Fe+2]. The first kappa shape index (κ1) is 31.6. The van der Waals surface area contributed by atoms with E-state index in [-0.39, 0.29) is 41.9 Å². The zero-order valence-electron chi connectivity index (χ0n) is 22.6. The van der Waals surface area contributed by atoms with E-state index in [0.29, 0.717) is 28.3 Å². The van der Waals surface area contributed by atoms with Gasteiger partial charge in [0.05, 0.1) is 55.2 Å². The number of rotatable bonds is 5. The van der Waals surface area contributed by atoms with E-state index in [0.717, 1.165) is 44.9 Å². The van der Waals surface area contributed by atoms with Gasteiger partial charge in [-0.25, -0.2) is 9.97 Å². The number of aromatic nitrogens is 4. The second kappa shape index (κ2) is 13.2. The Morgan fingerprint density at radius 1 is 0.683 bits per heavy atom. The number of hydrogen-bond donors (Lipinski definition) is 1. The summed E-state index contributed by atoms with van der Waals surface area (Å²) in [5.74, 6) is 1.69. The van der Waals surface area contributed by atoms with Gasteiger partial charge in [-0.1, -0.05) is 30.3 Å². The molecule has 212 valence electrons. The fourth-order valence-electron chi connectivity index (χ4n) is 4.89. The first-order valence-electron chi connectivity index (χ1n) is 12.1. The third-order valence-electron chi connectivity index (χ3n) is 6.49. The molecule has 4 aromatic rings. The van der Waals surface area contributed by atoms with Crippen LogP contribution < -0.4 is 43.9 Å². The summed E-state index contributed by atoms with van der Waals surface area (Å²) in [4.78, 5) is 19.0. The third kappa shape index (κ3) is 5.67. The maximum atomic E-state index is 6.06. The van der Waals surface area contributed by atoms with Gasteiger partial charge in [-0.2, -0.15) is 4.73 Å². The average Bonchev–Trinajstić information content (AvgIpc) is 3.72. The first-order valence-corrected chi connectivity index (χ1v) is 12.1. The maximum Gasteiger partial charge on any atom is 2.00 e. The molecule has 0 atom stereocenters. The molecule has 0 aliphatic carbocycles. The Morgan fingerprint density at radius 3 is 1.83 bits per heavy atom. The van der Waals surface area contributed by atoms with Crippen molar-refractivity contribution in [1.82, 2.24) is 19.7 Å². The van der Waals surface area contributed by atoms with Crippen molar-refractivity contribution < 1.29 is 60.9 Å². The van der Waals surface area contributed by atoms with E-state index in [2.05, 4.69) is 4.98 Å². The third-order valence-corrected chi connectivity index (χ3v) is 6.49. The predicted octanol–water partition coefficient (Wildman–Crippen LogP) is -0.114. The minimum Gasteiger partial charge on any atom is -1.00 e. The molecule has 0 fully saturated rings. The first-order chi connectivity index (χ1) is 18.6. The van der Waals surface area contributed by atoms with Gasteiger partial charge >= 0.3 is 17.1 Å². The molecule has 11 heteroatoms. The van der Waals surface area contributed by atoms with E-state index in [9.17, 15) is 0 Å². The molecule has 1 aromatic carbocycles. The summed E-state index contributed by atoms with van der Waals surface area (Å²) >= 11 is 0. The fraction of sp³-hybridized carbons (Fsp3) is 0.133. The van der Waals surface area contributed by atoms with Crippen LogP contribution in [0.5, 0.6) is 17.2 Å². The van der Waals surface area contributed by atoms with Gasteiger partial charge in [0.25, 0.3) is 0 Å². The minimum absolute atomic E-state index is 0. The van der Waals surface area contributed by atoms with E-state index in [1.54, 1.807) is 33.2 Å². The largest absolute Gasteiger partial charge is 2.00 e. The molecular weight excluding hydrogens is 607 g/mol. The van der Waals surface area contributed by atoms with Crippen molar-refractivity contribution in [1.29, 1.82) is 0 Å². The van der Waals surface area contributed by atoms with E-state index in [1.165, 1.54) is 0 Å². The molecule has 2 aliphatic heterocycles. The van der Waals surface area contributed by atoms with Crippen LogP contribution in [0.25, 0.3) is 57.5 Å². The Kier molecular flexibility index (Phi) is 10.2. The molecule has 0 amide bonds. The number of hydrogen-bond acceptors (Lipinski definition) is 6. The van der Waals surface area contributed by atoms with Crippen LogP contribution in [0.2, 0.25) is 0 Å². The summed E-state index contributed by atoms with van der Waals surface area (Å²) < 4.78 is 19.5. The van der Waals surface area contributed by atoms with Crippen LogP contribution in [0.1, 0.15) is 22.8 Å². The van der Waals surface area contributed by atoms with Crippen LogP contribution in [-0.2, 0) is 17.1 Å². The Bertz CT molecular complexity index is 1780. The van der Waals surface area contributed by atoms with Crippen LogP contribution in [0.4, 0.5) is 0 Å². The van der Waals surface area contributed by atoms with Gasteiger partial charge < -0.3 is 48.8 Å². The van der Waals surface area contributed by atoms with Crippen LogP contribution in [0.15, 0.2) is 54.6 Å². The molecule has 0 saturated carbocycles. The molecular formula is C30H26Cl2FeN4O4. The molecule has 1 N–H and O–H groups in total. The van der Waals surface area contributed by atoms with Gasteiger partial charge in [-0.05, 0) is 48.1 Å². The summed E-state index contributed by atoms with van der Waals surface area (Å²) in [6.07, 6.45) is 7.87. The number of H-pyrrole nitrogens is 1. The monoisotopic (exact) mass is 632 g/mol. The number of nitrogens with one attached hydrogen (secondary N) is 1. The van der Waals surface area contributed by atoms with Crippen LogP contribution in [-0.4, -0.2) is 48.1 Å². The second-order valence-electron chi connectivity index (χ2n) is 8.71. The number of methoxy groups -OCH3 is 3. The Morgan fingerprint density at radius 2 is 1.27 bits per heavy atom. The summed E-state index contributed by atoms with van der Waals surface area (Å²) in [6.45, 7) is 0. The normalized spacial score (nSPS) is 11.1. The van der Waals surface area contributed by atoms with Gasteiger partial charge in [-0.3, -0.25) is 0 Å². The van der Waals surface area contributed by atoms with Crippen molar-refractivity contribution >= 4 is 46.4 Å². The molecule has 0 radical (unpaired) electrons. The Balaban J connectivity index is 0.00000154. The smallest absolute Gasteiger partial charge is 1.00 e. The maximum absolute atomic E-state index is 6.06. The van der Waals surface area contributed by atoms with Crippen molar-refractivity contribution in [3.05, 3.63) is 77.4 Å². The van der Waals surface area contributed by atoms with E-state index >= 15 is 0 Å². The van der Waals surface area contributed by atoms with E-state index < -0.39 is 0 Å². The number of nitrogens with zero attached hydrogens (tertiary/aromatic N) is 3. The molecule has 3 aromatic heterocycles. The number of ether oxygens (including phenoxy) is 3. The van der Waals surface area contributed by atoms with Crippen LogP contribution >= 0.6 is 0 Å². The van der Waals surface area contributed by atoms with E-state index in [1.807, 2.05) is 78.9 Å². The van der Waals surface area contributed by atoms with Gasteiger partial charge in [0.15, 0.2) is 17.0 Å². The number of benzene rings is 1.